The Bertz CT molecular complexity index is 683. The number of hydrogen-bond donors (Lipinski definition) is 0. The summed E-state index contributed by atoms with van der Waals surface area (Å²) in [5, 5.41) is 0. The van der Waals surface area contributed by atoms with Crippen molar-refractivity contribution in [1.82, 2.24) is 9.27 Å². The predicted octanol–water partition coefficient (Wildman–Crippen LogP) is 3.71. The van der Waals surface area contributed by atoms with Crippen LogP contribution in [0.1, 0.15) is 33.6 Å². The van der Waals surface area contributed by atoms with E-state index in [1.165, 1.54) is 34.6 Å². The first kappa shape index (κ1) is 15.5. The largest absolute Gasteiger partial charge is 0.332 e. The van der Waals surface area contributed by atoms with Gasteiger partial charge in [-0.1, -0.05) is 18.2 Å². The standard InChI is InChI=1S/C17H19ClN2OS/c1-12-9-19-22-16(12)11-20(17(21)8-18)10-14-6-2-4-13-5-3-7-15(13)14/h2,4,6,9H,3,5,7-8,10-11H2,1H3. The second-order valence-electron chi connectivity index (χ2n) is 5.72. The van der Waals surface area contributed by atoms with Crippen LogP contribution in [-0.4, -0.2) is 21.1 Å². The van der Waals surface area contributed by atoms with Crippen LogP contribution in [0.2, 0.25) is 0 Å². The number of nitrogens with zero attached hydrogens (tertiary/aromatic N) is 2. The summed E-state index contributed by atoms with van der Waals surface area (Å²) in [6.07, 6.45) is 5.34. The summed E-state index contributed by atoms with van der Waals surface area (Å²) >= 11 is 7.26. The number of aromatic nitrogens is 1. The Hall–Kier alpha value is -1.39. The van der Waals surface area contributed by atoms with Crippen molar-refractivity contribution < 1.29 is 4.79 Å². The molecule has 5 heteroatoms. The molecule has 116 valence electrons. The van der Waals surface area contributed by atoms with E-state index in [4.69, 9.17) is 11.6 Å². The van der Waals surface area contributed by atoms with Crippen molar-refractivity contribution in [3.8, 4) is 0 Å². The van der Waals surface area contributed by atoms with E-state index in [1.54, 1.807) is 0 Å². The molecule has 1 heterocycles. The number of carbonyl (C=O) groups is 1. The van der Waals surface area contributed by atoms with Crippen LogP contribution in [0.4, 0.5) is 0 Å². The summed E-state index contributed by atoms with van der Waals surface area (Å²) < 4.78 is 4.20. The van der Waals surface area contributed by atoms with Crippen LogP contribution >= 0.6 is 23.1 Å². The number of amides is 1. The lowest BCUT2D eigenvalue weighted by Crippen LogP contribution is -2.31. The fourth-order valence-corrected chi connectivity index (χ4v) is 3.93. The van der Waals surface area contributed by atoms with E-state index in [1.807, 2.05) is 18.0 Å². The van der Waals surface area contributed by atoms with Crippen molar-refractivity contribution in [1.29, 1.82) is 0 Å². The first-order valence-corrected chi connectivity index (χ1v) is 8.83. The van der Waals surface area contributed by atoms with Gasteiger partial charge in [-0.3, -0.25) is 4.79 Å². The van der Waals surface area contributed by atoms with Crippen LogP contribution in [0.3, 0.4) is 0 Å². The van der Waals surface area contributed by atoms with E-state index in [9.17, 15) is 4.79 Å². The van der Waals surface area contributed by atoms with E-state index >= 15 is 0 Å². The highest BCUT2D eigenvalue weighted by Crippen LogP contribution is 2.27. The second-order valence-corrected chi connectivity index (χ2v) is 6.88. The van der Waals surface area contributed by atoms with Gasteiger partial charge >= 0.3 is 0 Å². The molecule has 22 heavy (non-hydrogen) atoms. The van der Waals surface area contributed by atoms with Crippen molar-refractivity contribution in [2.24, 2.45) is 0 Å². The Morgan fingerprint density at radius 2 is 2.23 bits per heavy atom. The molecule has 0 aliphatic heterocycles. The molecule has 0 spiro atoms. The number of alkyl halides is 1. The van der Waals surface area contributed by atoms with Gasteiger partial charge in [-0.25, -0.2) is 4.37 Å². The third kappa shape index (κ3) is 3.18. The highest BCUT2D eigenvalue weighted by atomic mass is 35.5. The number of fused-ring (bicyclic) bond motifs is 1. The Balaban J connectivity index is 1.83. The molecule has 0 atom stereocenters. The van der Waals surface area contributed by atoms with Gasteiger partial charge in [0.05, 0.1) is 6.54 Å². The van der Waals surface area contributed by atoms with Crippen LogP contribution < -0.4 is 0 Å². The number of halogens is 1. The lowest BCUT2D eigenvalue weighted by molar-refractivity contribution is -0.129. The van der Waals surface area contributed by atoms with Gasteiger partial charge < -0.3 is 4.90 Å². The van der Waals surface area contributed by atoms with Crippen molar-refractivity contribution in [2.75, 3.05) is 5.88 Å². The van der Waals surface area contributed by atoms with E-state index in [0.717, 1.165) is 23.3 Å². The van der Waals surface area contributed by atoms with Gasteiger partial charge in [0, 0.05) is 17.6 Å². The predicted molar refractivity (Wildman–Crippen MR) is 90.3 cm³/mol. The van der Waals surface area contributed by atoms with Crippen molar-refractivity contribution in [3.63, 3.8) is 0 Å². The number of hydrogen-bond acceptors (Lipinski definition) is 3. The summed E-state index contributed by atoms with van der Waals surface area (Å²) in [4.78, 5) is 15.2. The summed E-state index contributed by atoms with van der Waals surface area (Å²) in [5.41, 5.74) is 5.26. The summed E-state index contributed by atoms with van der Waals surface area (Å²) in [6, 6.07) is 6.44. The smallest absolute Gasteiger partial charge is 0.238 e. The lowest BCUT2D eigenvalue weighted by Gasteiger charge is -2.23. The molecule has 1 aromatic heterocycles. The number of aryl methyl sites for hydroxylation is 2. The molecule has 0 bridgehead atoms. The van der Waals surface area contributed by atoms with E-state index in [-0.39, 0.29) is 11.8 Å². The minimum absolute atomic E-state index is 0.0207. The number of rotatable bonds is 5. The third-order valence-corrected chi connectivity index (χ3v) is 5.37. The van der Waals surface area contributed by atoms with Gasteiger partial charge in [0.25, 0.3) is 0 Å². The van der Waals surface area contributed by atoms with Crippen LogP contribution in [0.15, 0.2) is 24.4 Å². The average molecular weight is 335 g/mol. The zero-order valence-electron chi connectivity index (χ0n) is 12.6. The molecular weight excluding hydrogens is 316 g/mol. The number of benzene rings is 1. The van der Waals surface area contributed by atoms with Crippen molar-refractivity contribution in [3.05, 3.63) is 51.5 Å². The van der Waals surface area contributed by atoms with Gasteiger partial charge in [-0.05, 0) is 60.0 Å². The molecule has 1 amide bonds. The summed E-state index contributed by atoms with van der Waals surface area (Å²) in [5.74, 6) is -0.00238. The molecule has 2 aromatic rings. The highest BCUT2D eigenvalue weighted by molar-refractivity contribution is 7.05. The van der Waals surface area contributed by atoms with Gasteiger partial charge in [0.1, 0.15) is 5.88 Å². The Morgan fingerprint density at radius 1 is 1.36 bits per heavy atom. The molecular formula is C17H19ClN2OS. The molecule has 0 saturated heterocycles. The zero-order valence-corrected chi connectivity index (χ0v) is 14.2. The molecule has 0 fully saturated rings. The minimum atomic E-state index is -0.0231. The molecule has 1 aromatic carbocycles. The first-order chi connectivity index (χ1) is 10.7. The van der Waals surface area contributed by atoms with Gasteiger partial charge in [-0.15, -0.1) is 11.6 Å². The maximum Gasteiger partial charge on any atom is 0.238 e. The fraction of sp³-hybridized carbons (Fsp3) is 0.412. The van der Waals surface area contributed by atoms with E-state index in [0.29, 0.717) is 13.1 Å². The first-order valence-electron chi connectivity index (χ1n) is 7.52. The SMILES string of the molecule is Cc1cnsc1CN(Cc1cccc2c1CCC2)C(=O)CCl. The van der Waals surface area contributed by atoms with Crippen LogP contribution in [-0.2, 0) is 30.7 Å². The quantitative estimate of drug-likeness (QED) is 0.781. The lowest BCUT2D eigenvalue weighted by atomic mass is 10.0. The maximum atomic E-state index is 12.2. The third-order valence-electron chi connectivity index (χ3n) is 4.25. The Kier molecular flexibility index (Phi) is 4.79. The normalized spacial score (nSPS) is 13.2. The van der Waals surface area contributed by atoms with E-state index < -0.39 is 0 Å². The highest BCUT2D eigenvalue weighted by Gasteiger charge is 2.20. The fourth-order valence-electron chi connectivity index (χ4n) is 3.01. The average Bonchev–Trinajstić information content (AvgIpc) is 3.15. The molecule has 0 saturated carbocycles. The molecule has 3 rings (SSSR count). The molecule has 1 aliphatic carbocycles. The minimum Gasteiger partial charge on any atom is -0.332 e. The van der Waals surface area contributed by atoms with Crippen LogP contribution in [0, 0.1) is 6.92 Å². The van der Waals surface area contributed by atoms with E-state index in [2.05, 4.69) is 22.6 Å². The van der Waals surface area contributed by atoms with Crippen molar-refractivity contribution >= 4 is 29.0 Å². The molecule has 0 radical (unpaired) electrons. The van der Waals surface area contributed by atoms with Gasteiger partial charge in [-0.2, -0.15) is 0 Å². The van der Waals surface area contributed by atoms with Crippen LogP contribution in [0.25, 0.3) is 0 Å². The van der Waals surface area contributed by atoms with Gasteiger partial charge in [0.15, 0.2) is 0 Å². The molecule has 1 aliphatic rings. The zero-order chi connectivity index (χ0) is 15.5. The topological polar surface area (TPSA) is 33.2 Å². The van der Waals surface area contributed by atoms with Gasteiger partial charge in [0.2, 0.25) is 5.91 Å². The Morgan fingerprint density at radius 3 is 2.95 bits per heavy atom. The Labute approximate surface area is 140 Å². The maximum absolute atomic E-state index is 12.2. The molecule has 0 N–H and O–H groups in total. The number of carbonyl (C=O) groups excluding carboxylic acids is 1. The second kappa shape index (κ2) is 6.80. The monoisotopic (exact) mass is 334 g/mol. The summed E-state index contributed by atoms with van der Waals surface area (Å²) in [7, 11) is 0. The van der Waals surface area contributed by atoms with Crippen molar-refractivity contribution in [2.45, 2.75) is 39.3 Å². The molecule has 3 nitrogen and oxygen atoms in total. The van der Waals surface area contributed by atoms with Crippen LogP contribution in [0.5, 0.6) is 0 Å². The molecule has 0 unspecified atom stereocenters. The summed E-state index contributed by atoms with van der Waals surface area (Å²) in [6.45, 7) is 3.25.